The molecule has 1 heterocycles. The van der Waals surface area contributed by atoms with Gasteiger partial charge in [-0.3, -0.25) is 4.79 Å². The lowest BCUT2D eigenvalue weighted by molar-refractivity contribution is -0.117. The number of nitrogens with zero attached hydrogens (tertiary/aromatic N) is 2. The van der Waals surface area contributed by atoms with Crippen molar-refractivity contribution in [3.8, 4) is 6.07 Å². The molecule has 1 unspecified atom stereocenters. The van der Waals surface area contributed by atoms with Crippen LogP contribution in [-0.4, -0.2) is 26.1 Å². The Bertz CT molecular complexity index is 704. The molecule has 1 fully saturated rings. The summed E-state index contributed by atoms with van der Waals surface area (Å²) < 4.78 is 22.6. The summed E-state index contributed by atoms with van der Waals surface area (Å²) in [6.07, 6.45) is -0.217. The van der Waals surface area contributed by atoms with Crippen LogP contribution in [0.25, 0.3) is 0 Å². The Morgan fingerprint density at radius 1 is 1.35 bits per heavy atom. The zero-order chi connectivity index (χ0) is 15.1. The molecule has 20 heavy (non-hydrogen) atoms. The van der Waals surface area contributed by atoms with Gasteiger partial charge in [-0.25, -0.2) is 13.6 Å². The van der Waals surface area contributed by atoms with Crippen LogP contribution in [0.15, 0.2) is 12.1 Å². The summed E-state index contributed by atoms with van der Waals surface area (Å²) >= 11 is 12.0. The molecule has 0 saturated carbocycles. The highest BCUT2D eigenvalue weighted by Crippen LogP contribution is 2.37. The third-order valence-corrected chi connectivity index (χ3v) is 4.79. The molecule has 1 amide bonds. The van der Waals surface area contributed by atoms with Gasteiger partial charge in [0.2, 0.25) is 15.9 Å². The first-order valence-electron chi connectivity index (χ1n) is 5.45. The molecule has 1 aromatic rings. The normalized spacial score (nSPS) is 19.2. The van der Waals surface area contributed by atoms with Crippen LogP contribution in [0.1, 0.15) is 12.0 Å². The molecular weight excluding hydrogens is 325 g/mol. The van der Waals surface area contributed by atoms with Gasteiger partial charge in [0.15, 0.2) is 0 Å². The Morgan fingerprint density at radius 2 is 1.90 bits per heavy atom. The van der Waals surface area contributed by atoms with Crippen LogP contribution in [0.5, 0.6) is 0 Å². The van der Waals surface area contributed by atoms with E-state index in [1.807, 2.05) is 6.07 Å². The minimum atomic E-state index is -3.82. The smallest absolute Gasteiger partial charge is 0.228 e. The lowest BCUT2D eigenvalue weighted by Crippen LogP contribution is -2.32. The van der Waals surface area contributed by atoms with Crippen LogP contribution < -0.4 is 10.0 Å². The van der Waals surface area contributed by atoms with E-state index in [0.717, 1.165) is 0 Å². The van der Waals surface area contributed by atoms with Crippen molar-refractivity contribution in [3.63, 3.8) is 0 Å². The van der Waals surface area contributed by atoms with E-state index in [0.29, 0.717) is 0 Å². The quantitative estimate of drug-likeness (QED) is 0.879. The molecule has 0 aliphatic carbocycles. The number of sulfonamides is 1. The van der Waals surface area contributed by atoms with Gasteiger partial charge >= 0.3 is 0 Å². The monoisotopic (exact) mass is 333 g/mol. The van der Waals surface area contributed by atoms with Crippen molar-refractivity contribution in [2.24, 2.45) is 5.14 Å². The number of hydrogen-bond acceptors (Lipinski definition) is 4. The summed E-state index contributed by atoms with van der Waals surface area (Å²) in [6, 6.07) is 4.61. The van der Waals surface area contributed by atoms with E-state index < -0.39 is 21.2 Å². The number of amides is 1. The first kappa shape index (κ1) is 15.1. The van der Waals surface area contributed by atoms with Crippen molar-refractivity contribution in [1.29, 1.82) is 5.26 Å². The van der Waals surface area contributed by atoms with Gasteiger partial charge in [-0.15, -0.1) is 0 Å². The number of benzene rings is 1. The molecule has 1 saturated heterocycles. The minimum absolute atomic E-state index is 0.108. The second-order valence-electron chi connectivity index (χ2n) is 4.32. The Hall–Kier alpha value is -1.33. The first-order chi connectivity index (χ1) is 9.24. The van der Waals surface area contributed by atoms with E-state index in [-0.39, 0.29) is 34.3 Å². The highest BCUT2D eigenvalue weighted by atomic mass is 35.5. The van der Waals surface area contributed by atoms with E-state index in [2.05, 4.69) is 0 Å². The van der Waals surface area contributed by atoms with Crippen LogP contribution >= 0.6 is 23.2 Å². The number of hydrogen-bond donors (Lipinski definition) is 1. The fourth-order valence-corrected chi connectivity index (χ4v) is 3.42. The fraction of sp³-hybridized carbons (Fsp3) is 0.273. The van der Waals surface area contributed by atoms with Crippen LogP contribution in [0.3, 0.4) is 0 Å². The van der Waals surface area contributed by atoms with Crippen LogP contribution in [0.2, 0.25) is 10.0 Å². The number of rotatable bonds is 2. The van der Waals surface area contributed by atoms with E-state index >= 15 is 0 Å². The van der Waals surface area contributed by atoms with Gasteiger partial charge in [0, 0.05) is 13.0 Å². The number of nitriles is 1. The molecule has 6 nitrogen and oxygen atoms in total. The molecule has 1 aromatic carbocycles. The van der Waals surface area contributed by atoms with Crippen molar-refractivity contribution in [1.82, 2.24) is 0 Å². The maximum Gasteiger partial charge on any atom is 0.228 e. The summed E-state index contributed by atoms with van der Waals surface area (Å²) in [5, 5.41) is 13.1. The number of halogens is 2. The first-order valence-corrected chi connectivity index (χ1v) is 7.81. The second kappa shape index (κ2) is 5.22. The number of carbonyl (C=O) groups is 1. The van der Waals surface area contributed by atoms with Gasteiger partial charge in [-0.2, -0.15) is 5.26 Å². The van der Waals surface area contributed by atoms with E-state index in [1.54, 1.807) is 0 Å². The third kappa shape index (κ3) is 2.74. The molecule has 0 aromatic heterocycles. The summed E-state index contributed by atoms with van der Waals surface area (Å²) in [6.45, 7) is -0.108. The Kier molecular flexibility index (Phi) is 3.93. The van der Waals surface area contributed by atoms with E-state index in [1.165, 1.54) is 17.0 Å². The van der Waals surface area contributed by atoms with Crippen molar-refractivity contribution >= 4 is 44.8 Å². The molecule has 2 N–H and O–H groups in total. The van der Waals surface area contributed by atoms with Crippen LogP contribution in [0, 0.1) is 11.3 Å². The standard InChI is InChI=1S/C11H9Cl2N3O3S/c12-8-1-6(4-14)2-9(13)11(8)16-5-7(3-10(16)17)20(15,18)19/h1-2,7H,3,5H2,(H2,15,18,19). The Morgan fingerprint density at radius 3 is 2.30 bits per heavy atom. The van der Waals surface area contributed by atoms with Crippen LogP contribution in [-0.2, 0) is 14.8 Å². The second-order valence-corrected chi connectivity index (χ2v) is 6.98. The molecule has 9 heteroatoms. The molecule has 1 aliphatic heterocycles. The highest BCUT2D eigenvalue weighted by molar-refractivity contribution is 7.89. The molecule has 106 valence electrons. The number of nitrogens with two attached hydrogens (primary N) is 1. The predicted octanol–water partition coefficient (Wildman–Crippen LogP) is 1.26. The van der Waals surface area contributed by atoms with Crippen molar-refractivity contribution < 1.29 is 13.2 Å². The summed E-state index contributed by atoms with van der Waals surface area (Å²) in [7, 11) is -3.82. The van der Waals surface area contributed by atoms with Gasteiger partial charge in [0.1, 0.15) is 5.25 Å². The molecule has 2 rings (SSSR count). The van der Waals surface area contributed by atoms with Crippen molar-refractivity contribution in [3.05, 3.63) is 27.7 Å². The highest BCUT2D eigenvalue weighted by Gasteiger charge is 2.38. The number of anilines is 1. The molecule has 1 atom stereocenters. The predicted molar refractivity (Wildman–Crippen MR) is 75.0 cm³/mol. The number of primary sulfonamides is 1. The van der Waals surface area contributed by atoms with Gasteiger partial charge in [-0.1, -0.05) is 23.2 Å². The SMILES string of the molecule is N#Cc1cc(Cl)c(N2CC(S(N)(=O)=O)CC2=O)c(Cl)c1. The maximum absolute atomic E-state index is 11.9. The number of carbonyl (C=O) groups excluding carboxylic acids is 1. The van der Waals surface area contributed by atoms with Crippen LogP contribution in [0.4, 0.5) is 5.69 Å². The summed E-state index contributed by atoms with van der Waals surface area (Å²) in [4.78, 5) is 13.1. The maximum atomic E-state index is 11.9. The molecule has 1 aliphatic rings. The zero-order valence-electron chi connectivity index (χ0n) is 10.0. The zero-order valence-corrected chi connectivity index (χ0v) is 12.3. The van der Waals surface area contributed by atoms with Crippen molar-refractivity contribution in [2.45, 2.75) is 11.7 Å². The average Bonchev–Trinajstić information content (AvgIpc) is 2.70. The van der Waals surface area contributed by atoms with Gasteiger partial charge < -0.3 is 4.90 Å². The lowest BCUT2D eigenvalue weighted by atomic mass is 10.2. The van der Waals surface area contributed by atoms with Gasteiger partial charge in [0.05, 0.1) is 27.4 Å². The van der Waals surface area contributed by atoms with Gasteiger partial charge in [0.25, 0.3) is 0 Å². The van der Waals surface area contributed by atoms with Gasteiger partial charge in [-0.05, 0) is 12.1 Å². The molecule has 0 bridgehead atoms. The lowest BCUT2D eigenvalue weighted by Gasteiger charge is -2.19. The van der Waals surface area contributed by atoms with Crippen molar-refractivity contribution in [2.75, 3.05) is 11.4 Å². The molecule has 0 radical (unpaired) electrons. The third-order valence-electron chi connectivity index (χ3n) is 2.97. The van der Waals surface area contributed by atoms with E-state index in [4.69, 9.17) is 33.6 Å². The largest absolute Gasteiger partial charge is 0.308 e. The minimum Gasteiger partial charge on any atom is -0.308 e. The average molecular weight is 334 g/mol. The van der Waals surface area contributed by atoms with E-state index in [9.17, 15) is 13.2 Å². The summed E-state index contributed by atoms with van der Waals surface area (Å²) in [5.74, 6) is -0.433. The molecule has 0 spiro atoms. The Balaban J connectivity index is 2.44. The fourth-order valence-electron chi connectivity index (χ4n) is 2.00. The molecular formula is C11H9Cl2N3O3S. The summed E-state index contributed by atoms with van der Waals surface area (Å²) in [5.41, 5.74) is 0.446. The Labute approximate surface area is 125 Å². The topological polar surface area (TPSA) is 104 Å².